The molecule has 1 aliphatic rings. The third kappa shape index (κ3) is 8.91. The van der Waals surface area contributed by atoms with Gasteiger partial charge in [-0.25, -0.2) is 0 Å². The Balaban J connectivity index is 0.000000431. The molecule has 1 saturated heterocycles. The second-order valence-electron chi connectivity index (χ2n) is 11.4. The molecular formula is C35H48Cl2N2Ru-2. The van der Waals surface area contributed by atoms with Crippen LogP contribution >= 0.6 is 19.4 Å². The number of nitrogens with zero attached hydrogens (tertiary/aromatic N) is 2. The third-order valence-corrected chi connectivity index (χ3v) is 8.99. The van der Waals surface area contributed by atoms with Crippen LogP contribution in [0.2, 0.25) is 0 Å². The van der Waals surface area contributed by atoms with E-state index in [9.17, 15) is 0 Å². The zero-order chi connectivity index (χ0) is 28.7. The van der Waals surface area contributed by atoms with Crippen molar-refractivity contribution in [2.75, 3.05) is 22.9 Å². The number of benzene rings is 3. The van der Waals surface area contributed by atoms with Crippen molar-refractivity contribution in [3.8, 4) is 0 Å². The molecule has 0 saturated carbocycles. The van der Waals surface area contributed by atoms with Crippen molar-refractivity contribution < 1.29 is 13.5 Å². The summed E-state index contributed by atoms with van der Waals surface area (Å²) in [7, 11) is 11.3. The van der Waals surface area contributed by atoms with E-state index in [4.69, 9.17) is 19.4 Å². The Morgan fingerprint density at radius 1 is 0.600 bits per heavy atom. The van der Waals surface area contributed by atoms with E-state index in [1.165, 1.54) is 33.6 Å². The molecule has 0 radical (unpaired) electrons. The number of hydrogen-bond donors (Lipinski definition) is 0. The molecule has 0 unspecified atom stereocenters. The van der Waals surface area contributed by atoms with Crippen LogP contribution in [0.15, 0.2) is 66.7 Å². The molecule has 5 heteroatoms. The predicted molar refractivity (Wildman–Crippen MR) is 178 cm³/mol. The van der Waals surface area contributed by atoms with E-state index >= 15 is 0 Å². The van der Waals surface area contributed by atoms with E-state index in [-0.39, 0.29) is 7.43 Å². The minimum atomic E-state index is -1.61. The molecule has 2 nitrogen and oxygen atoms in total. The molecule has 0 amide bonds. The van der Waals surface area contributed by atoms with Crippen LogP contribution in [0, 0.1) is 14.1 Å². The average Bonchev–Trinajstić information content (AvgIpc) is 3.38. The Kier molecular flexibility index (Phi) is 13.9. The molecule has 1 fully saturated rings. The molecule has 0 aliphatic carbocycles. The summed E-state index contributed by atoms with van der Waals surface area (Å²) < 4.78 is 1.92. The fourth-order valence-corrected chi connectivity index (χ4v) is 6.96. The normalized spacial score (nSPS) is 13.5. The standard InChI is InChI=1S/C27H39N2.C7H6.CH3.2ClH.Ru/c1-18(2)22-11-9-12-23(19(3)4)26(22)28-15-16-29(17-28)27-24(20(5)6)13-10-14-25(27)21(7)8;1-7-5-3-2-4-6-7;;;;/h9-14,17-21H,15-16H2,1-8H3;1-6H;1H3;2*1H;/q-1;;-1;;;+2/p-2. The number of para-hydroxylation sites is 2. The molecule has 3 aromatic carbocycles. The van der Waals surface area contributed by atoms with Crippen LogP contribution < -0.4 is 9.80 Å². The van der Waals surface area contributed by atoms with Gasteiger partial charge in [-0.15, -0.1) is 0 Å². The molecule has 1 heterocycles. The summed E-state index contributed by atoms with van der Waals surface area (Å²) in [5.41, 5.74) is 9.78. The SMILES string of the molecule is CC(C)c1cccc(C(C)C)c1N1[CH-]N(c2c(C(C)C)cccc2C(C)C)CC1.[CH3-].[Cl][Ru]([Cl])=[CH]c1ccccc1. The molecule has 0 atom stereocenters. The first-order valence-electron chi connectivity index (χ1n) is 14.0. The quantitative estimate of drug-likeness (QED) is 0.183. The number of halogens is 2. The summed E-state index contributed by atoms with van der Waals surface area (Å²) in [6.45, 7) is 22.9. The van der Waals surface area contributed by atoms with Crippen molar-refractivity contribution in [3.05, 3.63) is 109 Å². The summed E-state index contributed by atoms with van der Waals surface area (Å²) in [5, 5.41) is 0. The van der Waals surface area contributed by atoms with Crippen LogP contribution in [-0.4, -0.2) is 17.7 Å². The van der Waals surface area contributed by atoms with Gasteiger partial charge in [-0.2, -0.15) is 6.67 Å². The molecule has 0 N–H and O–H groups in total. The Labute approximate surface area is 258 Å². The van der Waals surface area contributed by atoms with Gasteiger partial charge in [0.15, 0.2) is 0 Å². The van der Waals surface area contributed by atoms with Crippen molar-refractivity contribution in [1.82, 2.24) is 0 Å². The fourth-order valence-electron chi connectivity index (χ4n) is 5.14. The van der Waals surface area contributed by atoms with Crippen molar-refractivity contribution in [3.63, 3.8) is 0 Å². The third-order valence-electron chi connectivity index (χ3n) is 7.11. The summed E-state index contributed by atoms with van der Waals surface area (Å²) >= 11 is -1.61. The zero-order valence-corrected chi connectivity index (χ0v) is 29.0. The fraction of sp³-hybridized carbons (Fsp3) is 0.400. The van der Waals surface area contributed by atoms with Crippen LogP contribution in [0.4, 0.5) is 11.4 Å². The summed E-state index contributed by atoms with van der Waals surface area (Å²) in [6.07, 6.45) is 0. The first-order chi connectivity index (χ1) is 18.5. The van der Waals surface area contributed by atoms with Gasteiger partial charge in [-0.1, -0.05) is 91.8 Å². The van der Waals surface area contributed by atoms with Crippen LogP contribution in [0.3, 0.4) is 0 Å². The van der Waals surface area contributed by atoms with Gasteiger partial charge in [-0.05, 0) is 45.9 Å². The number of rotatable bonds is 7. The monoisotopic (exact) mass is 668 g/mol. The zero-order valence-electron chi connectivity index (χ0n) is 25.7. The summed E-state index contributed by atoms with van der Waals surface area (Å²) in [4.78, 5) is 5.01. The molecule has 0 aromatic heterocycles. The van der Waals surface area contributed by atoms with Gasteiger partial charge in [0.05, 0.1) is 0 Å². The van der Waals surface area contributed by atoms with Crippen LogP contribution in [-0.2, 0) is 13.5 Å². The molecular weight excluding hydrogens is 620 g/mol. The number of hydrogen-bond acceptors (Lipinski definition) is 2. The predicted octanol–water partition coefficient (Wildman–Crippen LogP) is 10.8. The molecule has 1 aliphatic heterocycles. The van der Waals surface area contributed by atoms with E-state index in [1.807, 2.05) is 34.9 Å². The van der Waals surface area contributed by atoms with Gasteiger partial charge in [-0.3, -0.25) is 0 Å². The summed E-state index contributed by atoms with van der Waals surface area (Å²) in [6, 6.07) is 23.6. The number of anilines is 2. The van der Waals surface area contributed by atoms with Crippen molar-refractivity contribution in [2.24, 2.45) is 0 Å². The van der Waals surface area contributed by atoms with Gasteiger partial charge in [0.1, 0.15) is 0 Å². The van der Waals surface area contributed by atoms with E-state index in [2.05, 4.69) is 108 Å². The van der Waals surface area contributed by atoms with Gasteiger partial charge < -0.3 is 17.2 Å². The molecule has 222 valence electrons. The van der Waals surface area contributed by atoms with Gasteiger partial charge in [0.2, 0.25) is 0 Å². The summed E-state index contributed by atoms with van der Waals surface area (Å²) in [5.74, 6) is 2.06. The molecule has 40 heavy (non-hydrogen) atoms. The molecule has 3 aromatic rings. The average molecular weight is 669 g/mol. The van der Waals surface area contributed by atoms with E-state index in [1.54, 1.807) is 0 Å². The minimum absolute atomic E-state index is 0. The Hall–Kier alpha value is -1.67. The van der Waals surface area contributed by atoms with Crippen molar-refractivity contribution >= 4 is 35.4 Å². The Morgan fingerprint density at radius 3 is 1.25 bits per heavy atom. The molecule has 0 bridgehead atoms. The van der Waals surface area contributed by atoms with E-state index in [0.29, 0.717) is 23.7 Å². The second-order valence-corrected chi connectivity index (χ2v) is 17.1. The van der Waals surface area contributed by atoms with E-state index < -0.39 is 13.5 Å². The van der Waals surface area contributed by atoms with Crippen LogP contribution in [0.1, 0.15) is 107 Å². The topological polar surface area (TPSA) is 6.48 Å². The van der Waals surface area contributed by atoms with Gasteiger partial charge >= 0.3 is 73.4 Å². The van der Waals surface area contributed by atoms with Gasteiger partial charge in [0, 0.05) is 24.5 Å². The first-order valence-corrected chi connectivity index (χ1v) is 19.5. The van der Waals surface area contributed by atoms with E-state index in [0.717, 1.165) is 18.7 Å². The van der Waals surface area contributed by atoms with Crippen LogP contribution in [0.25, 0.3) is 0 Å². The van der Waals surface area contributed by atoms with Crippen LogP contribution in [0.5, 0.6) is 0 Å². The second kappa shape index (κ2) is 16.1. The van der Waals surface area contributed by atoms with Gasteiger partial charge in [0.25, 0.3) is 0 Å². The maximum absolute atomic E-state index is 5.67. The first kappa shape index (κ1) is 34.5. The molecule has 0 spiro atoms. The van der Waals surface area contributed by atoms with Crippen molar-refractivity contribution in [1.29, 1.82) is 0 Å². The van der Waals surface area contributed by atoms with Crippen molar-refractivity contribution in [2.45, 2.75) is 79.1 Å². The molecule has 4 rings (SSSR count). The Morgan fingerprint density at radius 2 is 0.950 bits per heavy atom. The Bertz CT molecular complexity index is 1110. The maximum atomic E-state index is 5.67.